The first kappa shape index (κ1) is 11.5. The smallest absolute Gasteiger partial charge is 0.374 e. The van der Waals surface area contributed by atoms with Gasteiger partial charge in [0.15, 0.2) is 0 Å². The molecule has 0 fully saturated rings. The van der Waals surface area contributed by atoms with Gasteiger partial charge in [0, 0.05) is 24.0 Å². The summed E-state index contributed by atoms with van der Waals surface area (Å²) in [5.41, 5.74) is 3.60. The topological polar surface area (TPSA) is 68.3 Å². The minimum Gasteiger partial charge on any atom is -0.475 e. The van der Waals surface area contributed by atoms with Crippen molar-refractivity contribution in [2.75, 3.05) is 0 Å². The Bertz CT molecular complexity index is 783. The third-order valence-corrected chi connectivity index (χ3v) is 3.18. The molecule has 3 aromatic rings. The number of hydrogen-bond donors (Lipinski definition) is 1. The van der Waals surface area contributed by atoms with E-state index in [4.69, 9.17) is 9.63 Å². The van der Waals surface area contributed by atoms with E-state index >= 15 is 0 Å². The summed E-state index contributed by atoms with van der Waals surface area (Å²) in [6.45, 7) is 2.03. The van der Waals surface area contributed by atoms with Crippen LogP contribution in [0.25, 0.3) is 22.3 Å². The number of carboxylic acid groups (broad SMARTS) is 1. The zero-order valence-electron chi connectivity index (χ0n) is 10.5. The monoisotopic (exact) mass is 256 g/mol. The zero-order chi connectivity index (χ0) is 13.6. The fourth-order valence-corrected chi connectivity index (χ4v) is 2.21. The van der Waals surface area contributed by atoms with Gasteiger partial charge >= 0.3 is 5.97 Å². The Balaban J connectivity index is 2.18. The van der Waals surface area contributed by atoms with Crippen LogP contribution in [0.15, 0.2) is 34.9 Å². The van der Waals surface area contributed by atoms with Crippen molar-refractivity contribution in [3.63, 3.8) is 0 Å². The molecular weight excluding hydrogens is 244 g/mol. The molecule has 1 N–H and O–H groups in total. The lowest BCUT2D eigenvalue weighted by atomic mass is 10.2. The van der Waals surface area contributed by atoms with Gasteiger partial charge in [0.2, 0.25) is 5.76 Å². The van der Waals surface area contributed by atoms with E-state index in [2.05, 4.69) is 11.2 Å². The van der Waals surface area contributed by atoms with Gasteiger partial charge < -0.3 is 14.2 Å². The van der Waals surface area contributed by atoms with E-state index in [0.717, 1.165) is 16.6 Å². The summed E-state index contributed by atoms with van der Waals surface area (Å²) >= 11 is 0. The molecule has 0 saturated heterocycles. The Kier molecular flexibility index (Phi) is 2.41. The molecule has 0 bridgehead atoms. The number of carbonyl (C=O) groups is 1. The van der Waals surface area contributed by atoms with Crippen LogP contribution in [0.3, 0.4) is 0 Å². The van der Waals surface area contributed by atoms with Crippen LogP contribution in [-0.4, -0.2) is 20.8 Å². The molecule has 2 aromatic heterocycles. The number of aromatic nitrogens is 2. The Morgan fingerprint density at radius 1 is 1.32 bits per heavy atom. The van der Waals surface area contributed by atoms with Crippen LogP contribution in [-0.2, 0) is 7.05 Å². The van der Waals surface area contributed by atoms with Gasteiger partial charge in [0.05, 0.1) is 5.69 Å². The van der Waals surface area contributed by atoms with E-state index in [1.807, 2.05) is 36.7 Å². The maximum absolute atomic E-state index is 10.8. The molecule has 1 aromatic carbocycles. The maximum atomic E-state index is 10.8. The zero-order valence-corrected chi connectivity index (χ0v) is 10.5. The summed E-state index contributed by atoms with van der Waals surface area (Å²) in [6, 6.07) is 9.57. The molecule has 3 rings (SSSR count). The van der Waals surface area contributed by atoms with Gasteiger partial charge in [0.25, 0.3) is 0 Å². The first-order valence-corrected chi connectivity index (χ1v) is 5.83. The van der Waals surface area contributed by atoms with Gasteiger partial charge in [-0.2, -0.15) is 0 Å². The molecule has 0 unspecified atom stereocenters. The highest BCUT2D eigenvalue weighted by atomic mass is 16.5. The van der Waals surface area contributed by atoms with E-state index in [1.165, 1.54) is 11.6 Å². The number of benzene rings is 1. The van der Waals surface area contributed by atoms with Gasteiger partial charge in [-0.25, -0.2) is 4.79 Å². The molecule has 0 spiro atoms. The highest BCUT2D eigenvalue weighted by Gasteiger charge is 2.15. The number of fused-ring (bicyclic) bond motifs is 1. The number of carboxylic acids is 1. The maximum Gasteiger partial charge on any atom is 0.374 e. The highest BCUT2D eigenvalue weighted by molar-refractivity contribution is 5.89. The fourth-order valence-electron chi connectivity index (χ4n) is 2.21. The second-order valence-corrected chi connectivity index (χ2v) is 4.53. The van der Waals surface area contributed by atoms with Crippen LogP contribution in [0.4, 0.5) is 0 Å². The number of hydrogen-bond acceptors (Lipinski definition) is 3. The summed E-state index contributed by atoms with van der Waals surface area (Å²) in [5.74, 6) is -1.27. The van der Waals surface area contributed by atoms with E-state index in [0.29, 0.717) is 5.69 Å². The average Bonchev–Trinajstić information content (AvgIpc) is 2.94. The third-order valence-electron chi connectivity index (χ3n) is 3.18. The Labute approximate surface area is 109 Å². The molecule has 19 heavy (non-hydrogen) atoms. The minimum atomic E-state index is -1.12. The first-order chi connectivity index (χ1) is 9.06. The summed E-state index contributed by atoms with van der Waals surface area (Å²) in [7, 11) is 1.92. The van der Waals surface area contributed by atoms with E-state index < -0.39 is 5.97 Å². The lowest BCUT2D eigenvalue weighted by molar-refractivity contribution is 0.0652. The van der Waals surface area contributed by atoms with Crippen molar-refractivity contribution in [3.05, 3.63) is 41.7 Å². The minimum absolute atomic E-state index is 0.156. The SMILES string of the molecule is Cc1ccc2c(c1)cc(-c1cc(C(=O)O)on1)n2C. The molecule has 0 aliphatic rings. The van der Waals surface area contributed by atoms with Crippen molar-refractivity contribution >= 4 is 16.9 Å². The van der Waals surface area contributed by atoms with Crippen molar-refractivity contribution in [3.8, 4) is 11.4 Å². The van der Waals surface area contributed by atoms with Crippen molar-refractivity contribution in [2.24, 2.45) is 7.05 Å². The summed E-state index contributed by atoms with van der Waals surface area (Å²) < 4.78 is 6.76. The molecule has 0 saturated carbocycles. The molecule has 5 nitrogen and oxygen atoms in total. The number of nitrogens with zero attached hydrogens (tertiary/aromatic N) is 2. The fraction of sp³-hybridized carbons (Fsp3) is 0.143. The Morgan fingerprint density at radius 3 is 2.79 bits per heavy atom. The first-order valence-electron chi connectivity index (χ1n) is 5.83. The normalized spacial score (nSPS) is 11.1. The van der Waals surface area contributed by atoms with Crippen LogP contribution < -0.4 is 0 Å². The lowest BCUT2D eigenvalue weighted by Crippen LogP contribution is -1.92. The van der Waals surface area contributed by atoms with E-state index in [-0.39, 0.29) is 5.76 Å². The second-order valence-electron chi connectivity index (χ2n) is 4.53. The van der Waals surface area contributed by atoms with Gasteiger partial charge in [-0.3, -0.25) is 0 Å². The number of aryl methyl sites for hydroxylation is 2. The molecule has 2 heterocycles. The van der Waals surface area contributed by atoms with Gasteiger partial charge in [-0.05, 0) is 25.1 Å². The molecular formula is C14H12N2O3. The van der Waals surface area contributed by atoms with Crippen LogP contribution in [0, 0.1) is 6.92 Å². The van der Waals surface area contributed by atoms with Crippen LogP contribution >= 0.6 is 0 Å². The average molecular weight is 256 g/mol. The summed E-state index contributed by atoms with van der Waals surface area (Å²) in [5, 5.41) is 13.8. The van der Waals surface area contributed by atoms with E-state index in [1.54, 1.807) is 0 Å². The second kappa shape index (κ2) is 3.98. The molecule has 0 amide bonds. The lowest BCUT2D eigenvalue weighted by Gasteiger charge is -2.00. The van der Waals surface area contributed by atoms with Crippen molar-refractivity contribution < 1.29 is 14.4 Å². The summed E-state index contributed by atoms with van der Waals surface area (Å²) in [6.07, 6.45) is 0. The van der Waals surface area contributed by atoms with Crippen LogP contribution in [0.2, 0.25) is 0 Å². The Morgan fingerprint density at radius 2 is 2.11 bits per heavy atom. The molecule has 0 radical (unpaired) electrons. The van der Waals surface area contributed by atoms with Crippen molar-refractivity contribution in [1.82, 2.24) is 9.72 Å². The quantitative estimate of drug-likeness (QED) is 0.765. The molecule has 96 valence electrons. The number of aromatic carboxylic acids is 1. The van der Waals surface area contributed by atoms with E-state index in [9.17, 15) is 4.79 Å². The van der Waals surface area contributed by atoms with Crippen molar-refractivity contribution in [2.45, 2.75) is 6.92 Å². The predicted molar refractivity (Wildman–Crippen MR) is 70.1 cm³/mol. The Hall–Kier alpha value is -2.56. The predicted octanol–water partition coefficient (Wildman–Crippen LogP) is 2.84. The highest BCUT2D eigenvalue weighted by Crippen LogP contribution is 2.27. The van der Waals surface area contributed by atoms with Crippen molar-refractivity contribution in [1.29, 1.82) is 0 Å². The molecule has 0 atom stereocenters. The third kappa shape index (κ3) is 1.79. The molecule has 0 aliphatic carbocycles. The standard InChI is InChI=1S/C14H12N2O3/c1-8-3-4-11-9(5-8)6-12(16(11)2)10-7-13(14(17)18)19-15-10/h3-7H,1-2H3,(H,17,18). The van der Waals surface area contributed by atoms with Crippen LogP contribution in [0.1, 0.15) is 16.1 Å². The molecule has 0 aliphatic heterocycles. The largest absolute Gasteiger partial charge is 0.475 e. The van der Waals surface area contributed by atoms with Gasteiger partial charge in [0.1, 0.15) is 5.69 Å². The van der Waals surface area contributed by atoms with Gasteiger partial charge in [-0.1, -0.05) is 16.8 Å². The number of rotatable bonds is 2. The van der Waals surface area contributed by atoms with Gasteiger partial charge in [-0.15, -0.1) is 0 Å². The summed E-state index contributed by atoms with van der Waals surface area (Å²) in [4.78, 5) is 10.8. The van der Waals surface area contributed by atoms with Crippen LogP contribution in [0.5, 0.6) is 0 Å². The molecule has 5 heteroatoms.